The quantitative estimate of drug-likeness (QED) is 0.562. The molecule has 4 heteroatoms. The normalized spacial score (nSPS) is 17.2. The fourth-order valence-electron chi connectivity index (χ4n) is 0.894. The summed E-state index contributed by atoms with van der Waals surface area (Å²) in [5.41, 5.74) is 0.292. The van der Waals surface area contributed by atoms with Gasteiger partial charge in [-0.15, -0.1) is 0 Å². The van der Waals surface area contributed by atoms with Gasteiger partial charge in [-0.2, -0.15) is 0 Å². The summed E-state index contributed by atoms with van der Waals surface area (Å²) in [6.07, 6.45) is 1.75. The Labute approximate surface area is 69.9 Å². The Morgan fingerprint density at radius 1 is 1.42 bits per heavy atom. The number of hydrogen-bond acceptors (Lipinski definition) is 4. The van der Waals surface area contributed by atoms with Crippen LogP contribution in [-0.2, 0) is 14.3 Å². The second kappa shape index (κ2) is 3.30. The zero-order valence-corrected chi connectivity index (χ0v) is 6.96. The van der Waals surface area contributed by atoms with Crippen molar-refractivity contribution >= 4 is 17.3 Å². The molecule has 0 bridgehead atoms. The Kier molecular flexibility index (Phi) is 2.38. The van der Waals surface area contributed by atoms with E-state index in [1.807, 2.05) is 0 Å². The Morgan fingerprint density at radius 2 is 2.08 bits per heavy atom. The second-order valence-electron chi connectivity index (χ2n) is 2.29. The lowest BCUT2D eigenvalue weighted by atomic mass is 10.1. The molecule has 0 atom stereocenters. The van der Waals surface area contributed by atoms with Crippen molar-refractivity contribution in [1.29, 1.82) is 0 Å². The molecule has 0 spiro atoms. The van der Waals surface area contributed by atoms with Crippen LogP contribution in [0.5, 0.6) is 0 Å². The second-order valence-corrected chi connectivity index (χ2v) is 2.29. The van der Waals surface area contributed by atoms with Gasteiger partial charge in [0, 0.05) is 0 Å². The molecule has 64 valence electrons. The molecule has 12 heavy (non-hydrogen) atoms. The largest absolute Gasteiger partial charge is 0.491 e. The van der Waals surface area contributed by atoms with Gasteiger partial charge in [-0.3, -0.25) is 14.6 Å². The molecular weight excluding hydrogens is 158 g/mol. The van der Waals surface area contributed by atoms with E-state index in [0.717, 1.165) is 0 Å². The first-order valence-electron chi connectivity index (χ1n) is 3.60. The summed E-state index contributed by atoms with van der Waals surface area (Å²) in [5.74, 6) is -1.15. The third-order valence-electron chi connectivity index (χ3n) is 1.58. The summed E-state index contributed by atoms with van der Waals surface area (Å²) >= 11 is 0. The first-order chi connectivity index (χ1) is 5.70. The van der Waals surface area contributed by atoms with Gasteiger partial charge in [0.25, 0.3) is 11.6 Å². The van der Waals surface area contributed by atoms with E-state index in [9.17, 15) is 9.59 Å². The molecule has 4 nitrogen and oxygen atoms in total. The lowest BCUT2D eigenvalue weighted by Crippen LogP contribution is -2.28. The highest BCUT2D eigenvalue weighted by Gasteiger charge is 2.26. The Bertz CT molecular complexity index is 259. The summed E-state index contributed by atoms with van der Waals surface area (Å²) in [4.78, 5) is 26.0. The minimum absolute atomic E-state index is 0.0113. The zero-order valence-electron chi connectivity index (χ0n) is 6.96. The molecule has 1 aliphatic heterocycles. The van der Waals surface area contributed by atoms with Crippen molar-refractivity contribution in [1.82, 2.24) is 0 Å². The summed E-state index contributed by atoms with van der Waals surface area (Å²) in [5, 5.41) is 0. The van der Waals surface area contributed by atoms with Crippen LogP contribution >= 0.6 is 0 Å². The monoisotopic (exact) mass is 167 g/mol. The Hall–Kier alpha value is -1.45. The highest BCUT2D eigenvalue weighted by atomic mass is 16.5. The summed E-state index contributed by atoms with van der Waals surface area (Å²) in [6, 6.07) is 0. The molecule has 0 aromatic rings. The highest BCUT2D eigenvalue weighted by molar-refractivity contribution is 6.68. The summed E-state index contributed by atoms with van der Waals surface area (Å²) in [7, 11) is 1.34. The van der Waals surface area contributed by atoms with Gasteiger partial charge < -0.3 is 4.74 Å². The molecule has 0 radical (unpaired) electrons. The van der Waals surface area contributed by atoms with E-state index in [0.29, 0.717) is 12.1 Å². The molecule has 1 heterocycles. The number of ketones is 2. The van der Waals surface area contributed by atoms with Crippen molar-refractivity contribution in [2.45, 2.75) is 13.3 Å². The molecule has 0 N–H and O–H groups in total. The van der Waals surface area contributed by atoms with Gasteiger partial charge in [-0.05, 0) is 6.42 Å². The Morgan fingerprint density at radius 3 is 2.58 bits per heavy atom. The van der Waals surface area contributed by atoms with Crippen LogP contribution < -0.4 is 0 Å². The lowest BCUT2D eigenvalue weighted by Gasteiger charge is -2.08. The third-order valence-corrected chi connectivity index (χ3v) is 1.58. The van der Waals surface area contributed by atoms with E-state index in [-0.39, 0.29) is 5.76 Å². The van der Waals surface area contributed by atoms with E-state index in [1.165, 1.54) is 13.3 Å². The van der Waals surface area contributed by atoms with Gasteiger partial charge in [-0.1, -0.05) is 6.92 Å². The number of ether oxygens (including phenoxy) is 1. The summed E-state index contributed by atoms with van der Waals surface area (Å²) in [6.45, 7) is 1.77. The average molecular weight is 167 g/mol. The minimum atomic E-state index is -0.607. The molecular formula is C8H9NO3. The minimum Gasteiger partial charge on any atom is -0.491 e. The predicted molar refractivity (Wildman–Crippen MR) is 42.8 cm³/mol. The molecule has 1 aliphatic rings. The number of nitrogens with zero attached hydrogens (tertiary/aromatic N) is 1. The maximum Gasteiger partial charge on any atom is 0.270 e. The number of aliphatic imine (C=N–C) groups is 1. The van der Waals surface area contributed by atoms with Gasteiger partial charge in [-0.25, -0.2) is 0 Å². The maximum atomic E-state index is 11.1. The van der Waals surface area contributed by atoms with Crippen LogP contribution in [0.1, 0.15) is 13.3 Å². The molecule has 0 unspecified atom stereocenters. The van der Waals surface area contributed by atoms with Crippen LogP contribution in [0.2, 0.25) is 0 Å². The van der Waals surface area contributed by atoms with Crippen LogP contribution in [0.25, 0.3) is 0 Å². The number of Topliss-reactive ketones (excluding diaryl/α,β-unsaturated/α-hetero) is 2. The van der Waals surface area contributed by atoms with Crippen LogP contribution in [-0.4, -0.2) is 24.4 Å². The van der Waals surface area contributed by atoms with Crippen molar-refractivity contribution < 1.29 is 14.3 Å². The first-order valence-corrected chi connectivity index (χ1v) is 3.60. The number of carbonyl (C=O) groups is 2. The SMILES string of the molecule is CCC1=NC=C(OC)C(=O)C1=O. The molecule has 0 amide bonds. The average Bonchev–Trinajstić information content (AvgIpc) is 2.10. The van der Waals surface area contributed by atoms with E-state index in [1.54, 1.807) is 6.92 Å². The van der Waals surface area contributed by atoms with Crippen LogP contribution in [0.15, 0.2) is 17.0 Å². The van der Waals surface area contributed by atoms with Crippen molar-refractivity contribution in [3.63, 3.8) is 0 Å². The van der Waals surface area contributed by atoms with Gasteiger partial charge in [0.2, 0.25) is 0 Å². The molecule has 0 fully saturated rings. The number of rotatable bonds is 2. The Balaban J connectivity index is 3.00. The molecule has 0 saturated heterocycles. The number of methoxy groups -OCH3 is 1. The third kappa shape index (κ3) is 1.28. The van der Waals surface area contributed by atoms with Crippen LogP contribution in [0, 0.1) is 0 Å². The van der Waals surface area contributed by atoms with E-state index < -0.39 is 11.6 Å². The standard InChI is InChI=1S/C8H9NO3/c1-3-5-7(10)8(11)6(12-2)4-9-5/h4H,3H2,1-2H3. The maximum absolute atomic E-state index is 11.1. The topological polar surface area (TPSA) is 55.7 Å². The van der Waals surface area contributed by atoms with Crippen molar-refractivity contribution in [3.8, 4) is 0 Å². The molecule has 0 saturated carbocycles. The van der Waals surface area contributed by atoms with E-state index in [2.05, 4.69) is 9.73 Å². The summed E-state index contributed by atoms with van der Waals surface area (Å²) < 4.78 is 4.65. The number of allylic oxidation sites excluding steroid dienone is 1. The lowest BCUT2D eigenvalue weighted by molar-refractivity contribution is -0.132. The van der Waals surface area contributed by atoms with Crippen LogP contribution in [0.4, 0.5) is 0 Å². The van der Waals surface area contributed by atoms with Crippen LogP contribution in [0.3, 0.4) is 0 Å². The molecule has 0 aromatic heterocycles. The molecule has 1 rings (SSSR count). The molecule has 0 aliphatic carbocycles. The van der Waals surface area contributed by atoms with Gasteiger partial charge in [0.1, 0.15) is 0 Å². The van der Waals surface area contributed by atoms with Crippen molar-refractivity contribution in [3.05, 3.63) is 12.0 Å². The van der Waals surface area contributed by atoms with Crippen molar-refractivity contribution in [2.24, 2.45) is 4.99 Å². The molecule has 0 aromatic carbocycles. The number of carbonyl (C=O) groups excluding carboxylic acids is 2. The predicted octanol–water partition coefficient (Wildman–Crippen LogP) is 0.477. The highest BCUT2D eigenvalue weighted by Crippen LogP contribution is 2.07. The van der Waals surface area contributed by atoms with Gasteiger partial charge >= 0.3 is 0 Å². The first kappa shape index (κ1) is 8.64. The fraction of sp³-hybridized carbons (Fsp3) is 0.375. The van der Waals surface area contributed by atoms with Crippen molar-refractivity contribution in [2.75, 3.05) is 7.11 Å². The van der Waals surface area contributed by atoms with Gasteiger partial charge in [0.05, 0.1) is 19.0 Å². The number of hydrogen-bond donors (Lipinski definition) is 0. The van der Waals surface area contributed by atoms with E-state index in [4.69, 9.17) is 0 Å². The van der Waals surface area contributed by atoms with Gasteiger partial charge in [0.15, 0.2) is 5.76 Å². The fourth-order valence-corrected chi connectivity index (χ4v) is 0.894. The smallest absolute Gasteiger partial charge is 0.270 e. The van der Waals surface area contributed by atoms with E-state index >= 15 is 0 Å². The zero-order chi connectivity index (χ0) is 9.14.